The Hall–Kier alpha value is -1.58. The number of ether oxygens (including phenoxy) is 2. The normalized spacial score (nSPS) is 17.7. The molecule has 1 aliphatic carbocycles. The first kappa shape index (κ1) is 24.5. The SMILES string of the molecule is CCCCCCCC/C=C1\CC(C(=O)OCC)(C(=O)OCC)CC(CC)=C1C. The molecule has 0 amide bonds. The third-order valence-corrected chi connectivity index (χ3v) is 5.73. The van der Waals surface area contributed by atoms with Crippen LogP contribution in [0.1, 0.15) is 98.8 Å². The second kappa shape index (κ2) is 12.8. The molecule has 0 unspecified atom stereocenters. The van der Waals surface area contributed by atoms with Gasteiger partial charge < -0.3 is 9.47 Å². The lowest BCUT2D eigenvalue weighted by Crippen LogP contribution is -2.44. The Morgan fingerprint density at radius 2 is 1.46 bits per heavy atom. The molecule has 160 valence electrons. The zero-order chi connectivity index (χ0) is 21.0. The first-order chi connectivity index (χ1) is 13.5. The van der Waals surface area contributed by atoms with Crippen LogP contribution in [-0.2, 0) is 19.1 Å². The van der Waals surface area contributed by atoms with Crippen LogP contribution in [-0.4, -0.2) is 25.2 Å². The Morgan fingerprint density at radius 3 is 2.00 bits per heavy atom. The maximum Gasteiger partial charge on any atom is 0.324 e. The zero-order valence-corrected chi connectivity index (χ0v) is 18.7. The van der Waals surface area contributed by atoms with Crippen LogP contribution in [0.3, 0.4) is 0 Å². The Balaban J connectivity index is 3.01. The first-order valence-corrected chi connectivity index (χ1v) is 11.2. The highest BCUT2D eigenvalue weighted by molar-refractivity contribution is 6.01. The van der Waals surface area contributed by atoms with E-state index >= 15 is 0 Å². The lowest BCUT2D eigenvalue weighted by Gasteiger charge is -2.36. The molecule has 0 aromatic rings. The van der Waals surface area contributed by atoms with E-state index in [2.05, 4.69) is 26.8 Å². The minimum absolute atomic E-state index is 0.265. The van der Waals surface area contributed by atoms with E-state index in [0.717, 1.165) is 30.4 Å². The topological polar surface area (TPSA) is 52.6 Å². The van der Waals surface area contributed by atoms with Gasteiger partial charge in [0.1, 0.15) is 0 Å². The average Bonchev–Trinajstić information content (AvgIpc) is 2.68. The molecule has 0 radical (unpaired) electrons. The van der Waals surface area contributed by atoms with Crippen LogP contribution < -0.4 is 0 Å². The summed E-state index contributed by atoms with van der Waals surface area (Å²) in [5.74, 6) is -0.894. The highest BCUT2D eigenvalue weighted by atomic mass is 16.6. The highest BCUT2D eigenvalue weighted by Crippen LogP contribution is 2.45. The summed E-state index contributed by atoms with van der Waals surface area (Å²) < 4.78 is 10.6. The van der Waals surface area contributed by atoms with Crippen molar-refractivity contribution in [1.29, 1.82) is 0 Å². The van der Waals surface area contributed by atoms with E-state index in [-0.39, 0.29) is 13.2 Å². The Kier molecular flexibility index (Phi) is 11.2. The van der Waals surface area contributed by atoms with Crippen molar-refractivity contribution in [3.05, 3.63) is 22.8 Å². The molecule has 4 nitrogen and oxygen atoms in total. The molecule has 0 atom stereocenters. The van der Waals surface area contributed by atoms with Crippen molar-refractivity contribution in [2.75, 3.05) is 13.2 Å². The molecule has 4 heteroatoms. The van der Waals surface area contributed by atoms with Crippen molar-refractivity contribution in [3.63, 3.8) is 0 Å². The Morgan fingerprint density at radius 1 is 0.893 bits per heavy atom. The van der Waals surface area contributed by atoms with Gasteiger partial charge in [0, 0.05) is 0 Å². The molecule has 0 heterocycles. The Labute approximate surface area is 171 Å². The molecule has 0 saturated heterocycles. The fourth-order valence-electron chi connectivity index (χ4n) is 3.97. The van der Waals surface area contributed by atoms with Gasteiger partial charge in [-0.15, -0.1) is 0 Å². The number of carbonyl (C=O) groups is 2. The maximum atomic E-state index is 12.9. The summed E-state index contributed by atoms with van der Waals surface area (Å²) in [5, 5.41) is 0. The minimum Gasteiger partial charge on any atom is -0.465 e. The van der Waals surface area contributed by atoms with Crippen molar-refractivity contribution in [2.24, 2.45) is 5.41 Å². The Bertz CT molecular complexity index is 553. The van der Waals surface area contributed by atoms with Crippen molar-refractivity contribution in [2.45, 2.75) is 98.8 Å². The molecule has 1 aliphatic rings. The molecule has 0 aliphatic heterocycles. The summed E-state index contributed by atoms with van der Waals surface area (Å²) in [6.07, 6.45) is 12.4. The number of carbonyl (C=O) groups excluding carboxylic acids is 2. The summed E-state index contributed by atoms with van der Waals surface area (Å²) in [4.78, 5) is 25.7. The smallest absolute Gasteiger partial charge is 0.324 e. The molecule has 0 N–H and O–H groups in total. The first-order valence-electron chi connectivity index (χ1n) is 11.2. The molecule has 0 spiro atoms. The van der Waals surface area contributed by atoms with Gasteiger partial charge in [-0.25, -0.2) is 0 Å². The third-order valence-electron chi connectivity index (χ3n) is 5.73. The lowest BCUT2D eigenvalue weighted by molar-refractivity contribution is -0.172. The number of allylic oxidation sites excluding steroid dienone is 4. The van der Waals surface area contributed by atoms with Crippen molar-refractivity contribution in [3.8, 4) is 0 Å². The molecule has 28 heavy (non-hydrogen) atoms. The minimum atomic E-state index is -1.23. The standard InChI is InChI=1S/C24H40O4/c1-6-10-11-12-13-14-15-16-21-18-24(22(25)27-8-3,23(26)28-9-4)17-20(7-2)19(21)5/h16H,6-15,17-18H2,1-5H3/b21-16+. The molecule has 0 saturated carbocycles. The van der Waals surface area contributed by atoms with E-state index in [1.165, 1.54) is 37.7 Å². The van der Waals surface area contributed by atoms with Gasteiger partial charge in [0.15, 0.2) is 5.41 Å². The molecule has 0 aromatic carbocycles. The van der Waals surface area contributed by atoms with Crippen LogP contribution in [0.4, 0.5) is 0 Å². The summed E-state index contributed by atoms with van der Waals surface area (Å²) in [7, 11) is 0. The van der Waals surface area contributed by atoms with Crippen LogP contribution in [0.25, 0.3) is 0 Å². The van der Waals surface area contributed by atoms with E-state index < -0.39 is 17.4 Å². The number of unbranched alkanes of at least 4 members (excludes halogenated alkanes) is 6. The van der Waals surface area contributed by atoms with Crippen molar-refractivity contribution >= 4 is 11.9 Å². The summed E-state index contributed by atoms with van der Waals surface area (Å²) >= 11 is 0. The van der Waals surface area contributed by atoms with E-state index in [9.17, 15) is 9.59 Å². The van der Waals surface area contributed by atoms with Gasteiger partial charge in [0.05, 0.1) is 13.2 Å². The summed E-state index contributed by atoms with van der Waals surface area (Å²) in [5.41, 5.74) is 2.26. The molecule has 0 bridgehead atoms. The van der Waals surface area contributed by atoms with Gasteiger partial charge in [0.2, 0.25) is 0 Å². The van der Waals surface area contributed by atoms with Gasteiger partial charge in [-0.05, 0) is 64.0 Å². The van der Waals surface area contributed by atoms with Crippen LogP contribution in [0, 0.1) is 5.41 Å². The largest absolute Gasteiger partial charge is 0.465 e. The number of esters is 2. The van der Waals surface area contributed by atoms with Gasteiger partial charge >= 0.3 is 11.9 Å². The van der Waals surface area contributed by atoms with Crippen molar-refractivity contribution < 1.29 is 19.1 Å². The molecular formula is C24H40O4. The third kappa shape index (κ3) is 6.49. The zero-order valence-electron chi connectivity index (χ0n) is 18.7. The maximum absolute atomic E-state index is 12.9. The summed E-state index contributed by atoms with van der Waals surface area (Å²) in [6.45, 7) is 10.5. The van der Waals surface area contributed by atoms with Gasteiger partial charge in [-0.3, -0.25) is 9.59 Å². The van der Waals surface area contributed by atoms with Crippen LogP contribution in [0.5, 0.6) is 0 Å². The molecule has 0 fully saturated rings. The quantitative estimate of drug-likeness (QED) is 0.222. The molecule has 0 aromatic heterocycles. The second-order valence-electron chi connectivity index (χ2n) is 7.74. The van der Waals surface area contributed by atoms with Gasteiger partial charge in [-0.1, -0.05) is 57.6 Å². The van der Waals surface area contributed by atoms with E-state index in [4.69, 9.17) is 9.47 Å². The van der Waals surface area contributed by atoms with Crippen molar-refractivity contribution in [1.82, 2.24) is 0 Å². The van der Waals surface area contributed by atoms with Crippen LogP contribution in [0.2, 0.25) is 0 Å². The van der Waals surface area contributed by atoms with E-state index in [0.29, 0.717) is 12.8 Å². The summed E-state index contributed by atoms with van der Waals surface area (Å²) in [6, 6.07) is 0. The number of hydrogen-bond donors (Lipinski definition) is 0. The fraction of sp³-hybridized carbons (Fsp3) is 0.750. The monoisotopic (exact) mass is 392 g/mol. The average molecular weight is 393 g/mol. The number of rotatable bonds is 12. The molecular weight excluding hydrogens is 352 g/mol. The van der Waals surface area contributed by atoms with Gasteiger partial charge in [-0.2, -0.15) is 0 Å². The fourth-order valence-corrected chi connectivity index (χ4v) is 3.97. The lowest BCUT2D eigenvalue weighted by atomic mass is 9.68. The van der Waals surface area contributed by atoms with Gasteiger partial charge in [0.25, 0.3) is 0 Å². The predicted octanol–water partition coefficient (Wildman–Crippen LogP) is 6.30. The van der Waals surface area contributed by atoms with Crippen LogP contribution in [0.15, 0.2) is 22.8 Å². The predicted molar refractivity (Wildman–Crippen MR) is 114 cm³/mol. The van der Waals surface area contributed by atoms with E-state index in [1.54, 1.807) is 13.8 Å². The molecule has 1 rings (SSSR count). The highest BCUT2D eigenvalue weighted by Gasteiger charge is 2.51. The number of hydrogen-bond acceptors (Lipinski definition) is 4. The van der Waals surface area contributed by atoms with Crippen LogP contribution >= 0.6 is 0 Å². The van der Waals surface area contributed by atoms with E-state index in [1.807, 2.05) is 0 Å². The second-order valence-corrected chi connectivity index (χ2v) is 7.74.